The van der Waals surface area contributed by atoms with E-state index >= 15 is 0 Å². The highest BCUT2D eigenvalue weighted by Crippen LogP contribution is 2.21. The van der Waals surface area contributed by atoms with Gasteiger partial charge in [-0.25, -0.2) is 8.42 Å². The van der Waals surface area contributed by atoms with Crippen LogP contribution in [0.1, 0.15) is 5.56 Å². The van der Waals surface area contributed by atoms with Gasteiger partial charge in [0.2, 0.25) is 0 Å². The van der Waals surface area contributed by atoms with E-state index in [1.165, 1.54) is 6.07 Å². The summed E-state index contributed by atoms with van der Waals surface area (Å²) in [6.07, 6.45) is 0. The molecule has 94 valence electrons. The Kier molecular flexibility index (Phi) is 2.83. The molecule has 0 amide bonds. The van der Waals surface area contributed by atoms with Crippen LogP contribution in [0.3, 0.4) is 0 Å². The lowest BCUT2D eigenvalue weighted by molar-refractivity contribution is -0.394. The number of aryl methyl sites for hydroxylation is 1. The van der Waals surface area contributed by atoms with Crippen molar-refractivity contribution in [2.75, 3.05) is 0 Å². The standard InChI is InChI=1S/C9H8N4O4S/c1-6-4-2-3-5-7(6)18(16,17)9-10-8(11-12-9)13(14)15/h2-5H,1H3,(H,10,11,12). The summed E-state index contributed by atoms with van der Waals surface area (Å²) in [5, 5.41) is 15.1. The number of aromatic nitrogens is 3. The molecule has 0 saturated heterocycles. The van der Waals surface area contributed by atoms with Gasteiger partial charge in [0.25, 0.3) is 9.84 Å². The Bertz CT molecular complexity index is 707. The van der Waals surface area contributed by atoms with Crippen LogP contribution in [-0.4, -0.2) is 28.5 Å². The highest BCUT2D eigenvalue weighted by atomic mass is 32.2. The zero-order valence-electron chi connectivity index (χ0n) is 9.19. The lowest BCUT2D eigenvalue weighted by atomic mass is 10.2. The first-order chi connectivity index (χ1) is 8.43. The van der Waals surface area contributed by atoms with E-state index in [-0.39, 0.29) is 4.90 Å². The molecule has 1 aromatic carbocycles. The van der Waals surface area contributed by atoms with Crippen molar-refractivity contribution in [2.45, 2.75) is 17.0 Å². The van der Waals surface area contributed by atoms with Crippen molar-refractivity contribution in [1.82, 2.24) is 15.2 Å². The number of sulfone groups is 1. The molecule has 1 heterocycles. The Morgan fingerprint density at radius 3 is 2.56 bits per heavy atom. The average Bonchev–Trinajstić information content (AvgIpc) is 2.79. The first-order valence-corrected chi connectivity index (χ1v) is 6.29. The fourth-order valence-corrected chi connectivity index (χ4v) is 2.72. The van der Waals surface area contributed by atoms with E-state index in [1.54, 1.807) is 25.1 Å². The van der Waals surface area contributed by atoms with Crippen LogP contribution in [0.15, 0.2) is 34.3 Å². The van der Waals surface area contributed by atoms with E-state index in [2.05, 4.69) is 10.1 Å². The van der Waals surface area contributed by atoms with Gasteiger partial charge in [-0.2, -0.15) is 0 Å². The summed E-state index contributed by atoms with van der Waals surface area (Å²) in [7, 11) is -3.94. The minimum atomic E-state index is -3.94. The number of H-pyrrole nitrogens is 1. The molecule has 0 fully saturated rings. The monoisotopic (exact) mass is 268 g/mol. The highest BCUT2D eigenvalue weighted by molar-refractivity contribution is 7.91. The van der Waals surface area contributed by atoms with Gasteiger partial charge in [-0.15, -0.1) is 5.10 Å². The van der Waals surface area contributed by atoms with Crippen LogP contribution in [0.4, 0.5) is 5.95 Å². The summed E-state index contributed by atoms with van der Waals surface area (Å²) in [5.74, 6) is -0.706. The molecule has 0 radical (unpaired) electrons. The first-order valence-electron chi connectivity index (χ1n) is 4.80. The van der Waals surface area contributed by atoms with Crippen LogP contribution in [0.25, 0.3) is 0 Å². The van der Waals surface area contributed by atoms with Crippen molar-refractivity contribution in [3.63, 3.8) is 0 Å². The van der Waals surface area contributed by atoms with Crippen molar-refractivity contribution >= 4 is 15.8 Å². The Hall–Kier alpha value is -2.29. The predicted molar refractivity (Wildman–Crippen MR) is 59.7 cm³/mol. The first kappa shape index (κ1) is 12.2. The van der Waals surface area contributed by atoms with Crippen LogP contribution in [0.5, 0.6) is 0 Å². The molecule has 0 aliphatic heterocycles. The molecular formula is C9H8N4O4S. The summed E-state index contributed by atoms with van der Waals surface area (Å²) >= 11 is 0. The topological polar surface area (TPSA) is 119 Å². The number of rotatable bonds is 3. The van der Waals surface area contributed by atoms with Crippen molar-refractivity contribution < 1.29 is 13.3 Å². The van der Waals surface area contributed by atoms with Crippen LogP contribution in [0.2, 0.25) is 0 Å². The molecule has 0 atom stereocenters. The molecule has 0 aliphatic carbocycles. The summed E-state index contributed by atoms with van der Waals surface area (Å²) in [4.78, 5) is 13.0. The second-order valence-corrected chi connectivity index (χ2v) is 5.28. The van der Waals surface area contributed by atoms with Gasteiger partial charge in [-0.05, 0) is 28.5 Å². The minimum Gasteiger partial charge on any atom is -0.390 e. The SMILES string of the molecule is Cc1ccccc1S(=O)(=O)c1n[nH]c([N+](=O)[O-])n1. The number of benzene rings is 1. The number of aromatic amines is 1. The molecule has 0 unspecified atom stereocenters. The smallest absolute Gasteiger partial charge is 0.390 e. The van der Waals surface area contributed by atoms with E-state index in [1.807, 2.05) is 5.10 Å². The lowest BCUT2D eigenvalue weighted by Gasteiger charge is -2.01. The maximum absolute atomic E-state index is 12.1. The third kappa shape index (κ3) is 1.95. The fourth-order valence-electron chi connectivity index (χ4n) is 1.40. The molecule has 2 aromatic rings. The second-order valence-electron chi connectivity index (χ2n) is 3.47. The van der Waals surface area contributed by atoms with Gasteiger partial charge in [-0.3, -0.25) is 0 Å². The third-order valence-corrected chi connectivity index (χ3v) is 3.95. The molecule has 8 nitrogen and oxygen atoms in total. The van der Waals surface area contributed by atoms with E-state index in [0.29, 0.717) is 5.56 Å². The van der Waals surface area contributed by atoms with Gasteiger partial charge in [0.1, 0.15) is 0 Å². The molecular weight excluding hydrogens is 260 g/mol. The minimum absolute atomic E-state index is 0.0268. The zero-order chi connectivity index (χ0) is 13.3. The molecule has 9 heteroatoms. The Morgan fingerprint density at radius 1 is 1.33 bits per heavy atom. The number of nitrogens with one attached hydrogen (secondary N) is 1. The van der Waals surface area contributed by atoms with Gasteiger partial charge >= 0.3 is 11.1 Å². The maximum Gasteiger partial charge on any atom is 0.454 e. The van der Waals surface area contributed by atoms with E-state index in [9.17, 15) is 18.5 Å². The molecule has 0 spiro atoms. The lowest BCUT2D eigenvalue weighted by Crippen LogP contribution is -2.06. The van der Waals surface area contributed by atoms with Gasteiger partial charge in [-0.1, -0.05) is 23.3 Å². The largest absolute Gasteiger partial charge is 0.454 e. The fraction of sp³-hybridized carbons (Fsp3) is 0.111. The Labute approximate surface area is 102 Å². The normalized spacial score (nSPS) is 11.4. The molecule has 0 aliphatic rings. The number of hydrogen-bond donors (Lipinski definition) is 1. The summed E-state index contributed by atoms with van der Waals surface area (Å²) < 4.78 is 24.2. The molecule has 0 bridgehead atoms. The van der Waals surface area contributed by atoms with E-state index < -0.39 is 25.9 Å². The molecule has 1 aromatic heterocycles. The third-order valence-electron chi connectivity index (χ3n) is 2.25. The molecule has 0 saturated carbocycles. The Morgan fingerprint density at radius 2 is 2.00 bits per heavy atom. The number of hydrogen-bond acceptors (Lipinski definition) is 6. The van der Waals surface area contributed by atoms with Crippen molar-refractivity contribution in [3.05, 3.63) is 39.9 Å². The number of nitro groups is 1. The molecule has 18 heavy (non-hydrogen) atoms. The second kappa shape index (κ2) is 4.18. The summed E-state index contributed by atoms with van der Waals surface area (Å²) in [6.45, 7) is 1.62. The molecule has 1 N–H and O–H groups in total. The van der Waals surface area contributed by atoms with Crippen LogP contribution in [-0.2, 0) is 9.84 Å². The zero-order valence-corrected chi connectivity index (χ0v) is 10.0. The maximum atomic E-state index is 12.1. The van der Waals surface area contributed by atoms with Crippen LogP contribution >= 0.6 is 0 Å². The van der Waals surface area contributed by atoms with Crippen LogP contribution < -0.4 is 0 Å². The van der Waals surface area contributed by atoms with Gasteiger partial charge in [0.05, 0.1) is 4.90 Å². The highest BCUT2D eigenvalue weighted by Gasteiger charge is 2.29. The quantitative estimate of drug-likeness (QED) is 0.651. The van der Waals surface area contributed by atoms with E-state index in [0.717, 1.165) is 0 Å². The Balaban J connectivity index is 2.55. The summed E-state index contributed by atoms with van der Waals surface area (Å²) in [5.41, 5.74) is 0.518. The molecule has 2 rings (SSSR count). The van der Waals surface area contributed by atoms with Crippen molar-refractivity contribution in [1.29, 1.82) is 0 Å². The van der Waals surface area contributed by atoms with Crippen LogP contribution in [0, 0.1) is 17.0 Å². The number of nitrogens with zero attached hydrogens (tertiary/aromatic N) is 3. The average molecular weight is 268 g/mol. The van der Waals surface area contributed by atoms with Gasteiger partial charge in [0.15, 0.2) is 0 Å². The van der Waals surface area contributed by atoms with Gasteiger partial charge in [0, 0.05) is 0 Å². The summed E-state index contributed by atoms with van der Waals surface area (Å²) in [6, 6.07) is 6.26. The van der Waals surface area contributed by atoms with Crippen molar-refractivity contribution in [3.8, 4) is 0 Å². The predicted octanol–water partition coefficient (Wildman–Crippen LogP) is 0.854. The van der Waals surface area contributed by atoms with Gasteiger partial charge < -0.3 is 10.1 Å². The van der Waals surface area contributed by atoms with E-state index in [4.69, 9.17) is 0 Å². The van der Waals surface area contributed by atoms with Crippen molar-refractivity contribution in [2.24, 2.45) is 0 Å².